The van der Waals surface area contributed by atoms with Gasteiger partial charge in [0.05, 0.1) is 0 Å². The molecule has 0 aromatic heterocycles. The van der Waals surface area contributed by atoms with E-state index in [2.05, 4.69) is 10.6 Å². The van der Waals surface area contributed by atoms with Crippen molar-refractivity contribution in [3.8, 4) is 0 Å². The van der Waals surface area contributed by atoms with Crippen LogP contribution in [-0.2, 0) is 11.2 Å². The topological polar surface area (TPSA) is 81.7 Å². The Kier molecular flexibility index (Phi) is 5.88. The minimum atomic E-state index is -1.24. The Morgan fingerprint density at radius 3 is 2.59 bits per heavy atom. The zero-order valence-electron chi connectivity index (χ0n) is 11.8. The fraction of sp³-hybridized carbons (Fsp3) is 0.429. The van der Waals surface area contributed by atoms with Gasteiger partial charge in [0.15, 0.2) is 0 Å². The fourth-order valence-electron chi connectivity index (χ4n) is 2.36. The maximum atomic E-state index is 12.5. The number of rotatable bonds is 4. The van der Waals surface area contributed by atoms with Crippen molar-refractivity contribution in [3.63, 3.8) is 0 Å². The van der Waals surface area contributed by atoms with E-state index in [1.165, 1.54) is 0 Å². The lowest BCUT2D eigenvalue weighted by Gasteiger charge is -2.31. The molecule has 0 radical (unpaired) electrons. The van der Waals surface area contributed by atoms with Crippen LogP contribution in [0.2, 0.25) is 10.0 Å². The molecule has 1 saturated heterocycles. The third-order valence-corrected chi connectivity index (χ3v) is 4.05. The summed E-state index contributed by atoms with van der Waals surface area (Å²) >= 11 is 12.0. The molecule has 1 atom stereocenters. The van der Waals surface area contributed by atoms with Crippen LogP contribution in [0.25, 0.3) is 0 Å². The summed E-state index contributed by atoms with van der Waals surface area (Å²) in [5.74, 6) is -0.241. The van der Waals surface area contributed by atoms with Crippen LogP contribution in [0.1, 0.15) is 5.56 Å². The highest BCUT2D eigenvalue weighted by Gasteiger charge is 2.27. The minimum absolute atomic E-state index is 0.186. The molecule has 3 N–H and O–H groups in total. The normalized spacial score (nSPS) is 16.2. The van der Waals surface area contributed by atoms with Crippen molar-refractivity contribution in [2.24, 2.45) is 0 Å². The molecule has 1 aliphatic heterocycles. The molecule has 1 aromatic rings. The molecule has 2 rings (SSSR count). The van der Waals surface area contributed by atoms with E-state index >= 15 is 0 Å². The number of carbonyl (C=O) groups excluding carboxylic acids is 1. The summed E-state index contributed by atoms with van der Waals surface area (Å²) in [5, 5.41) is 15.3. The van der Waals surface area contributed by atoms with Crippen molar-refractivity contribution < 1.29 is 14.7 Å². The van der Waals surface area contributed by atoms with E-state index in [0.717, 1.165) is 0 Å². The van der Waals surface area contributed by atoms with Gasteiger partial charge in [0, 0.05) is 42.6 Å². The number of nitrogens with zero attached hydrogens (tertiary/aromatic N) is 1. The average Bonchev–Trinajstić information content (AvgIpc) is 2.49. The standard InChI is InChI=1S/C14H17Cl2N3O3/c15-10-2-1-9(11(16)8-10)7-12(18-14(21)22)13(20)19-5-3-17-4-6-19/h1-2,8,12,17-18H,3-7H2,(H,21,22). The molecule has 2 amide bonds. The molecule has 8 heteroatoms. The van der Waals surface area contributed by atoms with Crippen LogP contribution in [-0.4, -0.2) is 54.2 Å². The van der Waals surface area contributed by atoms with Gasteiger partial charge < -0.3 is 20.6 Å². The van der Waals surface area contributed by atoms with Gasteiger partial charge in [0.2, 0.25) is 5.91 Å². The van der Waals surface area contributed by atoms with Crippen molar-refractivity contribution in [1.82, 2.24) is 15.5 Å². The molecular weight excluding hydrogens is 329 g/mol. The van der Waals surface area contributed by atoms with Gasteiger partial charge in [-0.2, -0.15) is 0 Å². The van der Waals surface area contributed by atoms with E-state index in [-0.39, 0.29) is 12.3 Å². The predicted molar refractivity (Wildman–Crippen MR) is 84.6 cm³/mol. The molecule has 1 heterocycles. The number of hydrogen-bond acceptors (Lipinski definition) is 3. The summed E-state index contributed by atoms with van der Waals surface area (Å²) in [5.41, 5.74) is 0.674. The lowest BCUT2D eigenvalue weighted by atomic mass is 10.0. The Morgan fingerprint density at radius 1 is 1.32 bits per heavy atom. The lowest BCUT2D eigenvalue weighted by Crippen LogP contribution is -2.54. The van der Waals surface area contributed by atoms with Gasteiger partial charge in [0.25, 0.3) is 0 Å². The zero-order chi connectivity index (χ0) is 16.1. The van der Waals surface area contributed by atoms with E-state index in [1.807, 2.05) is 0 Å². The molecule has 0 bridgehead atoms. The molecule has 120 valence electrons. The predicted octanol–water partition coefficient (Wildman–Crippen LogP) is 1.60. The highest BCUT2D eigenvalue weighted by Crippen LogP contribution is 2.22. The van der Waals surface area contributed by atoms with Gasteiger partial charge in [-0.3, -0.25) is 4.79 Å². The van der Waals surface area contributed by atoms with E-state index in [4.69, 9.17) is 28.3 Å². The average molecular weight is 346 g/mol. The Morgan fingerprint density at radius 2 is 2.00 bits per heavy atom. The van der Waals surface area contributed by atoms with Crippen molar-refractivity contribution in [2.45, 2.75) is 12.5 Å². The van der Waals surface area contributed by atoms with Crippen molar-refractivity contribution in [3.05, 3.63) is 33.8 Å². The van der Waals surface area contributed by atoms with Gasteiger partial charge in [-0.05, 0) is 17.7 Å². The van der Waals surface area contributed by atoms with Crippen LogP contribution >= 0.6 is 23.2 Å². The number of piperazine rings is 1. The van der Waals surface area contributed by atoms with Gasteiger partial charge in [0.1, 0.15) is 6.04 Å². The molecule has 22 heavy (non-hydrogen) atoms. The van der Waals surface area contributed by atoms with Crippen LogP contribution < -0.4 is 10.6 Å². The Labute approximate surface area is 138 Å². The zero-order valence-corrected chi connectivity index (χ0v) is 13.3. The quantitative estimate of drug-likeness (QED) is 0.774. The molecule has 1 aliphatic rings. The van der Waals surface area contributed by atoms with Crippen molar-refractivity contribution in [2.75, 3.05) is 26.2 Å². The molecule has 1 aromatic carbocycles. The van der Waals surface area contributed by atoms with Crippen LogP contribution in [0.15, 0.2) is 18.2 Å². The van der Waals surface area contributed by atoms with Gasteiger partial charge >= 0.3 is 6.09 Å². The summed E-state index contributed by atoms with van der Waals surface area (Å²) in [6.07, 6.45) is -1.05. The number of benzene rings is 1. The molecule has 6 nitrogen and oxygen atoms in total. The summed E-state index contributed by atoms with van der Waals surface area (Å²) < 4.78 is 0. The summed E-state index contributed by atoms with van der Waals surface area (Å²) in [6.45, 7) is 2.52. The third kappa shape index (κ3) is 4.50. The van der Waals surface area contributed by atoms with Crippen LogP contribution in [0.5, 0.6) is 0 Å². The highest BCUT2D eigenvalue weighted by molar-refractivity contribution is 6.35. The number of hydrogen-bond donors (Lipinski definition) is 3. The number of carboxylic acid groups (broad SMARTS) is 1. The summed E-state index contributed by atoms with van der Waals surface area (Å²) in [6, 6.07) is 4.07. The summed E-state index contributed by atoms with van der Waals surface area (Å²) in [7, 11) is 0. The number of nitrogens with one attached hydrogen (secondary N) is 2. The maximum Gasteiger partial charge on any atom is 0.405 e. The molecule has 1 fully saturated rings. The fourth-order valence-corrected chi connectivity index (χ4v) is 2.85. The van der Waals surface area contributed by atoms with Crippen LogP contribution in [0.4, 0.5) is 4.79 Å². The van der Waals surface area contributed by atoms with E-state index < -0.39 is 12.1 Å². The molecule has 0 saturated carbocycles. The monoisotopic (exact) mass is 345 g/mol. The minimum Gasteiger partial charge on any atom is -0.465 e. The molecule has 0 aliphatic carbocycles. The third-order valence-electron chi connectivity index (χ3n) is 3.46. The Bertz CT molecular complexity index is 562. The van der Waals surface area contributed by atoms with E-state index in [9.17, 15) is 9.59 Å². The van der Waals surface area contributed by atoms with Gasteiger partial charge in [-0.25, -0.2) is 4.79 Å². The van der Waals surface area contributed by atoms with Crippen LogP contribution in [0.3, 0.4) is 0 Å². The van der Waals surface area contributed by atoms with Crippen molar-refractivity contribution in [1.29, 1.82) is 0 Å². The largest absolute Gasteiger partial charge is 0.465 e. The molecular formula is C14H17Cl2N3O3. The molecule has 0 spiro atoms. The Balaban J connectivity index is 2.14. The van der Waals surface area contributed by atoms with E-state index in [1.54, 1.807) is 23.1 Å². The van der Waals surface area contributed by atoms with Crippen LogP contribution in [0, 0.1) is 0 Å². The van der Waals surface area contributed by atoms with Crippen molar-refractivity contribution >= 4 is 35.2 Å². The lowest BCUT2D eigenvalue weighted by molar-refractivity contribution is -0.133. The smallest absolute Gasteiger partial charge is 0.405 e. The first-order chi connectivity index (χ1) is 10.5. The second-order valence-electron chi connectivity index (χ2n) is 5.02. The second kappa shape index (κ2) is 7.67. The first-order valence-corrected chi connectivity index (χ1v) is 7.66. The van der Waals surface area contributed by atoms with E-state index in [0.29, 0.717) is 41.8 Å². The van der Waals surface area contributed by atoms with Gasteiger partial charge in [-0.15, -0.1) is 0 Å². The SMILES string of the molecule is O=C(O)NC(Cc1ccc(Cl)cc1Cl)C(=O)N1CCNCC1. The molecule has 1 unspecified atom stereocenters. The number of amides is 2. The highest BCUT2D eigenvalue weighted by atomic mass is 35.5. The Hall–Kier alpha value is -1.50. The first-order valence-electron chi connectivity index (χ1n) is 6.90. The first kappa shape index (κ1) is 16.9. The number of halogens is 2. The maximum absolute atomic E-state index is 12.5. The van der Waals surface area contributed by atoms with Gasteiger partial charge in [-0.1, -0.05) is 29.3 Å². The summed E-state index contributed by atoms with van der Waals surface area (Å²) in [4.78, 5) is 25.2. The number of carbonyl (C=O) groups is 2. The second-order valence-corrected chi connectivity index (χ2v) is 5.86.